The number of benzene rings is 2. The molecule has 0 radical (unpaired) electrons. The minimum atomic E-state index is -0.608. The summed E-state index contributed by atoms with van der Waals surface area (Å²) in [6, 6.07) is 8.86. The summed E-state index contributed by atoms with van der Waals surface area (Å²) >= 11 is 12.3. The molecule has 0 unspecified atom stereocenters. The number of carbonyl (C=O) groups is 2. The summed E-state index contributed by atoms with van der Waals surface area (Å²) in [5, 5.41) is 4.05. The molecule has 1 atom stereocenters. The first-order valence-electron chi connectivity index (χ1n) is 12.4. The Hall–Kier alpha value is -2.24. The van der Waals surface area contributed by atoms with E-state index in [0.29, 0.717) is 22.2 Å². The van der Waals surface area contributed by atoms with E-state index in [9.17, 15) is 9.59 Å². The number of carbonyl (C=O) groups excluding carboxylic acids is 2. The van der Waals surface area contributed by atoms with E-state index in [0.717, 1.165) is 47.9 Å². The van der Waals surface area contributed by atoms with Gasteiger partial charge in [0.1, 0.15) is 11.8 Å². The lowest BCUT2D eigenvalue weighted by Crippen LogP contribution is -2.52. The van der Waals surface area contributed by atoms with Crippen molar-refractivity contribution in [3.8, 4) is 5.75 Å². The number of amides is 2. The van der Waals surface area contributed by atoms with Gasteiger partial charge < -0.3 is 15.0 Å². The quantitative estimate of drug-likeness (QED) is 0.409. The van der Waals surface area contributed by atoms with Crippen LogP contribution in [0, 0.1) is 20.8 Å². The number of halogens is 2. The highest BCUT2D eigenvalue weighted by Crippen LogP contribution is 2.26. The maximum absolute atomic E-state index is 13.5. The minimum Gasteiger partial charge on any atom is -0.483 e. The maximum atomic E-state index is 13.5. The molecule has 1 aliphatic carbocycles. The number of aryl methyl sites for hydroxylation is 2. The number of hydrogen-bond acceptors (Lipinski definition) is 3. The summed E-state index contributed by atoms with van der Waals surface area (Å²) in [7, 11) is 0. The molecule has 0 aliphatic heterocycles. The summed E-state index contributed by atoms with van der Waals surface area (Å²) < 4.78 is 5.98. The zero-order valence-electron chi connectivity index (χ0n) is 21.1. The molecule has 190 valence electrons. The molecule has 1 saturated carbocycles. The van der Waals surface area contributed by atoms with Gasteiger partial charge in [0.2, 0.25) is 5.91 Å². The van der Waals surface area contributed by atoms with E-state index < -0.39 is 6.04 Å². The van der Waals surface area contributed by atoms with Crippen molar-refractivity contribution in [3.63, 3.8) is 0 Å². The highest BCUT2D eigenvalue weighted by molar-refractivity contribution is 6.42. The molecule has 5 nitrogen and oxygen atoms in total. The predicted molar refractivity (Wildman–Crippen MR) is 142 cm³/mol. The molecule has 0 spiro atoms. The first-order valence-corrected chi connectivity index (χ1v) is 13.2. The Balaban J connectivity index is 1.81. The fraction of sp³-hybridized carbons (Fsp3) is 0.500. The van der Waals surface area contributed by atoms with Crippen molar-refractivity contribution in [3.05, 3.63) is 62.6 Å². The van der Waals surface area contributed by atoms with Crippen molar-refractivity contribution >= 4 is 35.0 Å². The van der Waals surface area contributed by atoms with Gasteiger partial charge in [-0.05, 0) is 80.5 Å². The molecule has 7 heteroatoms. The van der Waals surface area contributed by atoms with Crippen molar-refractivity contribution in [2.24, 2.45) is 0 Å². The highest BCUT2D eigenvalue weighted by atomic mass is 35.5. The standard InChI is InChI=1S/C28H36Cl2N2O3/c1-5-25(28(34)31-22-9-7-6-8-10-22)32(16-21-11-12-23(29)24(30)15-21)27(33)17-35-26-14-18(2)13-19(3)20(26)4/h11-15,22,25H,5-10,16-17H2,1-4H3,(H,31,34)/t25-/m0/s1. The molecule has 0 heterocycles. The van der Waals surface area contributed by atoms with E-state index >= 15 is 0 Å². The van der Waals surface area contributed by atoms with Crippen molar-refractivity contribution in [2.75, 3.05) is 6.61 Å². The summed E-state index contributed by atoms with van der Waals surface area (Å²) in [6.07, 6.45) is 5.92. The Morgan fingerprint density at radius 3 is 2.43 bits per heavy atom. The Bertz CT molecular complexity index is 1050. The van der Waals surface area contributed by atoms with Crippen LogP contribution in [0.25, 0.3) is 0 Å². The predicted octanol–water partition coefficient (Wildman–Crippen LogP) is 6.55. The molecule has 2 aromatic carbocycles. The molecule has 0 aromatic heterocycles. The molecule has 1 aliphatic rings. The average molecular weight is 520 g/mol. The highest BCUT2D eigenvalue weighted by Gasteiger charge is 2.30. The molecule has 2 amide bonds. The second-order valence-corrected chi connectivity index (χ2v) is 10.3. The van der Waals surface area contributed by atoms with Crippen molar-refractivity contribution in [2.45, 2.75) is 84.8 Å². The van der Waals surface area contributed by atoms with E-state index in [1.54, 1.807) is 17.0 Å². The van der Waals surface area contributed by atoms with Gasteiger partial charge in [0.25, 0.3) is 5.91 Å². The van der Waals surface area contributed by atoms with Crippen LogP contribution in [0.15, 0.2) is 30.3 Å². The van der Waals surface area contributed by atoms with E-state index in [1.165, 1.54) is 6.42 Å². The van der Waals surface area contributed by atoms with E-state index in [2.05, 4.69) is 11.4 Å². The second-order valence-electron chi connectivity index (χ2n) is 9.53. The SMILES string of the molecule is CC[C@@H](C(=O)NC1CCCCC1)N(Cc1ccc(Cl)c(Cl)c1)C(=O)COc1cc(C)cc(C)c1C. The number of hydrogen-bond donors (Lipinski definition) is 1. The maximum Gasteiger partial charge on any atom is 0.261 e. The van der Waals surface area contributed by atoms with Gasteiger partial charge in [-0.25, -0.2) is 0 Å². The van der Waals surface area contributed by atoms with Crippen LogP contribution >= 0.6 is 23.2 Å². The monoisotopic (exact) mass is 518 g/mol. The van der Waals surface area contributed by atoms with Gasteiger partial charge in [-0.15, -0.1) is 0 Å². The fourth-order valence-corrected chi connectivity index (χ4v) is 4.99. The lowest BCUT2D eigenvalue weighted by Gasteiger charge is -2.33. The molecule has 0 saturated heterocycles. The van der Waals surface area contributed by atoms with Gasteiger partial charge in [0.15, 0.2) is 6.61 Å². The van der Waals surface area contributed by atoms with Gasteiger partial charge in [-0.1, -0.05) is 61.5 Å². The third-order valence-corrected chi connectivity index (χ3v) is 7.53. The fourth-order valence-electron chi connectivity index (χ4n) is 4.67. The van der Waals surface area contributed by atoms with E-state index in [-0.39, 0.29) is 31.0 Å². The first kappa shape index (κ1) is 27.3. The lowest BCUT2D eigenvalue weighted by molar-refractivity contribution is -0.143. The van der Waals surface area contributed by atoms with Crippen LogP contribution < -0.4 is 10.1 Å². The molecule has 3 rings (SSSR count). The van der Waals surface area contributed by atoms with Crippen LogP contribution in [0.2, 0.25) is 10.0 Å². The summed E-state index contributed by atoms with van der Waals surface area (Å²) in [5.41, 5.74) is 3.99. The zero-order valence-corrected chi connectivity index (χ0v) is 22.6. The van der Waals surface area contributed by atoms with Crippen molar-refractivity contribution in [1.29, 1.82) is 0 Å². The smallest absolute Gasteiger partial charge is 0.261 e. The Labute approximate surface area is 219 Å². The molecular weight excluding hydrogens is 483 g/mol. The Kier molecular flexibility index (Phi) is 9.88. The topological polar surface area (TPSA) is 58.6 Å². The number of rotatable bonds is 9. The molecule has 2 aromatic rings. The molecule has 1 N–H and O–H groups in total. The van der Waals surface area contributed by atoms with Crippen LogP contribution in [0.1, 0.15) is 67.7 Å². The number of ether oxygens (including phenoxy) is 1. The summed E-state index contributed by atoms with van der Waals surface area (Å²) in [4.78, 5) is 28.4. The van der Waals surface area contributed by atoms with E-state index in [4.69, 9.17) is 27.9 Å². The van der Waals surface area contributed by atoms with Crippen LogP contribution in [0.4, 0.5) is 0 Å². The third-order valence-electron chi connectivity index (χ3n) is 6.79. The van der Waals surface area contributed by atoms with Crippen LogP contribution in [-0.4, -0.2) is 35.4 Å². The van der Waals surface area contributed by atoms with Crippen molar-refractivity contribution in [1.82, 2.24) is 10.2 Å². The van der Waals surface area contributed by atoms with E-state index in [1.807, 2.05) is 39.8 Å². The molecular formula is C28H36Cl2N2O3. The Morgan fingerprint density at radius 2 is 1.77 bits per heavy atom. The van der Waals surface area contributed by atoms with Gasteiger partial charge in [0, 0.05) is 12.6 Å². The van der Waals surface area contributed by atoms with Crippen molar-refractivity contribution < 1.29 is 14.3 Å². The van der Waals surface area contributed by atoms with Crippen LogP contribution in [0.5, 0.6) is 5.75 Å². The van der Waals surface area contributed by atoms with Gasteiger partial charge in [-0.3, -0.25) is 9.59 Å². The first-order chi connectivity index (χ1) is 16.7. The van der Waals surface area contributed by atoms with Gasteiger partial charge >= 0.3 is 0 Å². The third kappa shape index (κ3) is 7.37. The summed E-state index contributed by atoms with van der Waals surface area (Å²) in [5.74, 6) is 0.320. The molecule has 35 heavy (non-hydrogen) atoms. The molecule has 0 bridgehead atoms. The van der Waals surface area contributed by atoms with Crippen LogP contribution in [-0.2, 0) is 16.1 Å². The largest absolute Gasteiger partial charge is 0.483 e. The molecule has 1 fully saturated rings. The minimum absolute atomic E-state index is 0.115. The zero-order chi connectivity index (χ0) is 25.5. The Morgan fingerprint density at radius 1 is 1.06 bits per heavy atom. The number of nitrogens with one attached hydrogen (secondary N) is 1. The lowest BCUT2D eigenvalue weighted by atomic mass is 9.95. The average Bonchev–Trinajstić information content (AvgIpc) is 2.83. The number of nitrogens with zero attached hydrogens (tertiary/aromatic N) is 1. The van der Waals surface area contributed by atoms with Gasteiger partial charge in [0.05, 0.1) is 10.0 Å². The van der Waals surface area contributed by atoms with Gasteiger partial charge in [-0.2, -0.15) is 0 Å². The van der Waals surface area contributed by atoms with Crippen LogP contribution in [0.3, 0.4) is 0 Å². The normalized spacial score (nSPS) is 14.9. The second kappa shape index (κ2) is 12.6. The summed E-state index contributed by atoms with van der Waals surface area (Å²) in [6.45, 7) is 8.01.